The van der Waals surface area contributed by atoms with Crippen molar-refractivity contribution in [1.29, 1.82) is 0 Å². The zero-order valence-corrected chi connectivity index (χ0v) is 12.3. The number of hydrogen-bond acceptors (Lipinski definition) is 6. The fourth-order valence-electron chi connectivity index (χ4n) is 3.09. The Hall–Kier alpha value is -3.03. The third kappa shape index (κ3) is 2.19. The lowest BCUT2D eigenvalue weighted by Gasteiger charge is -2.24. The molecule has 1 unspecified atom stereocenters. The summed E-state index contributed by atoms with van der Waals surface area (Å²) in [5.74, 6) is 0.168. The largest absolute Gasteiger partial charge is 0.365 e. The fraction of sp³-hybridized carbons (Fsp3) is 0.267. The number of nitrogens with two attached hydrogens (primary N) is 1. The maximum atomic E-state index is 11.5. The summed E-state index contributed by atoms with van der Waals surface area (Å²) in [4.78, 5) is 26.6. The second kappa shape index (κ2) is 5.31. The van der Waals surface area contributed by atoms with Crippen molar-refractivity contribution in [2.24, 2.45) is 5.73 Å². The number of amides is 1. The van der Waals surface area contributed by atoms with Gasteiger partial charge in [0.15, 0.2) is 5.65 Å². The molecule has 23 heavy (non-hydrogen) atoms. The molecule has 4 rings (SSSR count). The minimum Gasteiger partial charge on any atom is -0.365 e. The molecule has 1 saturated heterocycles. The van der Waals surface area contributed by atoms with Crippen molar-refractivity contribution in [1.82, 2.24) is 24.6 Å². The average Bonchev–Trinajstić information content (AvgIpc) is 3.22. The van der Waals surface area contributed by atoms with Crippen LogP contribution in [-0.2, 0) is 0 Å². The van der Waals surface area contributed by atoms with Crippen LogP contribution in [0.2, 0.25) is 0 Å². The molecular formula is C15H15N7O. The highest BCUT2D eigenvalue weighted by atomic mass is 16.1. The van der Waals surface area contributed by atoms with Gasteiger partial charge in [-0.3, -0.25) is 4.79 Å². The van der Waals surface area contributed by atoms with Crippen molar-refractivity contribution in [3.05, 3.63) is 48.2 Å². The van der Waals surface area contributed by atoms with Crippen molar-refractivity contribution in [3.8, 4) is 0 Å². The van der Waals surface area contributed by atoms with Crippen molar-refractivity contribution in [2.45, 2.75) is 18.9 Å². The average molecular weight is 309 g/mol. The van der Waals surface area contributed by atoms with Gasteiger partial charge in [0.1, 0.15) is 5.56 Å². The third-order valence-electron chi connectivity index (χ3n) is 4.10. The van der Waals surface area contributed by atoms with Crippen molar-refractivity contribution < 1.29 is 4.79 Å². The molecule has 1 aliphatic rings. The van der Waals surface area contributed by atoms with Crippen LogP contribution < -0.4 is 10.6 Å². The van der Waals surface area contributed by atoms with Gasteiger partial charge in [0.05, 0.1) is 17.9 Å². The monoisotopic (exact) mass is 309 g/mol. The SMILES string of the molecule is NC(=O)c1cnn2c(C3CCCN3c3ncccn3)ccnc12. The van der Waals surface area contributed by atoms with Gasteiger partial charge in [-0.1, -0.05) is 0 Å². The summed E-state index contributed by atoms with van der Waals surface area (Å²) in [6, 6.07) is 3.80. The highest BCUT2D eigenvalue weighted by molar-refractivity contribution is 5.98. The van der Waals surface area contributed by atoms with E-state index in [1.165, 1.54) is 6.20 Å². The van der Waals surface area contributed by atoms with E-state index in [9.17, 15) is 4.79 Å². The Labute approximate surface area is 132 Å². The summed E-state index contributed by atoms with van der Waals surface area (Å²) in [5.41, 5.74) is 7.14. The predicted molar refractivity (Wildman–Crippen MR) is 82.9 cm³/mol. The molecule has 0 bridgehead atoms. The van der Waals surface area contributed by atoms with Crippen molar-refractivity contribution in [3.63, 3.8) is 0 Å². The molecule has 1 aliphatic heterocycles. The molecule has 8 heteroatoms. The van der Waals surface area contributed by atoms with Gasteiger partial charge in [-0.25, -0.2) is 19.5 Å². The van der Waals surface area contributed by atoms with E-state index >= 15 is 0 Å². The first kappa shape index (κ1) is 13.6. The van der Waals surface area contributed by atoms with E-state index in [0.717, 1.165) is 25.1 Å². The first-order chi connectivity index (χ1) is 11.3. The number of aromatic nitrogens is 5. The molecule has 1 atom stereocenters. The Morgan fingerprint density at radius 3 is 2.83 bits per heavy atom. The number of fused-ring (bicyclic) bond motifs is 1. The van der Waals surface area contributed by atoms with Gasteiger partial charge in [-0.05, 0) is 25.0 Å². The zero-order valence-electron chi connectivity index (χ0n) is 12.3. The van der Waals surface area contributed by atoms with Crippen molar-refractivity contribution >= 4 is 17.5 Å². The van der Waals surface area contributed by atoms with E-state index in [0.29, 0.717) is 17.2 Å². The lowest BCUT2D eigenvalue weighted by molar-refractivity contribution is 0.100. The Kier molecular flexibility index (Phi) is 3.14. The quantitative estimate of drug-likeness (QED) is 0.773. The van der Waals surface area contributed by atoms with E-state index in [1.807, 2.05) is 6.07 Å². The molecule has 3 aromatic rings. The molecule has 8 nitrogen and oxygen atoms in total. The van der Waals surface area contributed by atoms with Crippen LogP contribution in [-0.4, -0.2) is 37.0 Å². The maximum Gasteiger partial charge on any atom is 0.254 e. The number of anilines is 1. The van der Waals surface area contributed by atoms with Crippen LogP contribution >= 0.6 is 0 Å². The number of carbonyl (C=O) groups is 1. The molecule has 3 aromatic heterocycles. The molecule has 1 amide bonds. The number of primary amides is 1. The van der Waals surface area contributed by atoms with E-state index in [1.54, 1.807) is 29.2 Å². The van der Waals surface area contributed by atoms with Gasteiger partial charge in [-0.2, -0.15) is 5.10 Å². The zero-order chi connectivity index (χ0) is 15.8. The molecule has 0 radical (unpaired) electrons. The number of hydrogen-bond donors (Lipinski definition) is 1. The minimum absolute atomic E-state index is 0.0866. The molecule has 116 valence electrons. The van der Waals surface area contributed by atoms with Crippen LogP contribution in [0.5, 0.6) is 0 Å². The molecule has 0 saturated carbocycles. The smallest absolute Gasteiger partial charge is 0.254 e. The van der Waals surface area contributed by atoms with Crippen LogP contribution in [0, 0.1) is 0 Å². The van der Waals surface area contributed by atoms with Crippen LogP contribution in [0.1, 0.15) is 34.9 Å². The second-order valence-electron chi connectivity index (χ2n) is 5.43. The van der Waals surface area contributed by atoms with Crippen LogP contribution in [0.4, 0.5) is 5.95 Å². The highest BCUT2D eigenvalue weighted by Crippen LogP contribution is 2.34. The highest BCUT2D eigenvalue weighted by Gasteiger charge is 2.30. The Bertz CT molecular complexity index is 861. The van der Waals surface area contributed by atoms with Gasteiger partial charge in [0.2, 0.25) is 5.95 Å². The fourth-order valence-corrected chi connectivity index (χ4v) is 3.09. The lowest BCUT2D eigenvalue weighted by atomic mass is 10.1. The number of nitrogens with zero attached hydrogens (tertiary/aromatic N) is 6. The Morgan fingerprint density at radius 1 is 1.22 bits per heavy atom. The molecule has 0 aromatic carbocycles. The normalized spacial score (nSPS) is 17.7. The van der Waals surface area contributed by atoms with E-state index in [2.05, 4.69) is 25.0 Å². The van der Waals surface area contributed by atoms with Crippen LogP contribution in [0.3, 0.4) is 0 Å². The standard InChI is InChI=1S/C15H15N7O/c16-13(23)10-9-20-22-12(4-7-17-14(10)22)11-3-1-8-21(11)15-18-5-2-6-19-15/h2,4-7,9,11H,1,3,8H2,(H2,16,23). The van der Waals surface area contributed by atoms with Gasteiger partial charge in [-0.15, -0.1) is 0 Å². The predicted octanol–water partition coefficient (Wildman–Crippen LogP) is 0.960. The lowest BCUT2D eigenvalue weighted by Crippen LogP contribution is -2.26. The number of carbonyl (C=O) groups excluding carboxylic acids is 1. The molecule has 0 aliphatic carbocycles. The minimum atomic E-state index is -0.528. The Balaban J connectivity index is 1.81. The van der Waals surface area contributed by atoms with E-state index in [-0.39, 0.29) is 6.04 Å². The first-order valence-electron chi connectivity index (χ1n) is 7.42. The van der Waals surface area contributed by atoms with Gasteiger partial charge >= 0.3 is 0 Å². The van der Waals surface area contributed by atoms with E-state index in [4.69, 9.17) is 5.73 Å². The number of rotatable bonds is 3. The second-order valence-corrected chi connectivity index (χ2v) is 5.43. The topological polar surface area (TPSA) is 102 Å². The summed E-state index contributed by atoms with van der Waals surface area (Å²) < 4.78 is 1.69. The maximum absolute atomic E-state index is 11.5. The summed E-state index contributed by atoms with van der Waals surface area (Å²) in [7, 11) is 0. The first-order valence-corrected chi connectivity index (χ1v) is 7.42. The summed E-state index contributed by atoms with van der Waals surface area (Å²) in [5, 5.41) is 4.30. The summed E-state index contributed by atoms with van der Waals surface area (Å²) in [6.45, 7) is 0.877. The molecular weight excluding hydrogens is 294 g/mol. The molecule has 0 spiro atoms. The van der Waals surface area contributed by atoms with Crippen LogP contribution in [0.15, 0.2) is 36.9 Å². The summed E-state index contributed by atoms with van der Waals surface area (Å²) in [6.07, 6.45) is 8.62. The molecule has 4 heterocycles. The Morgan fingerprint density at radius 2 is 2.04 bits per heavy atom. The van der Waals surface area contributed by atoms with Gasteiger partial charge in [0.25, 0.3) is 5.91 Å². The molecule has 2 N–H and O–H groups in total. The van der Waals surface area contributed by atoms with E-state index < -0.39 is 5.91 Å². The van der Waals surface area contributed by atoms with Crippen molar-refractivity contribution in [2.75, 3.05) is 11.4 Å². The molecule has 1 fully saturated rings. The summed E-state index contributed by atoms with van der Waals surface area (Å²) >= 11 is 0. The third-order valence-corrected chi connectivity index (χ3v) is 4.10. The van der Waals surface area contributed by atoms with Crippen LogP contribution in [0.25, 0.3) is 5.65 Å². The van der Waals surface area contributed by atoms with Gasteiger partial charge in [0, 0.05) is 25.1 Å². The van der Waals surface area contributed by atoms with Gasteiger partial charge < -0.3 is 10.6 Å².